The van der Waals surface area contributed by atoms with Gasteiger partial charge in [-0.3, -0.25) is 0 Å². The van der Waals surface area contributed by atoms with Crippen LogP contribution in [-0.2, 0) is 20.6 Å². The third kappa shape index (κ3) is 1.87. The first-order valence-corrected chi connectivity index (χ1v) is 6.73. The minimum Gasteiger partial charge on any atom is -0.334 e. The quantitative estimate of drug-likeness (QED) is 0.787. The predicted molar refractivity (Wildman–Crippen MR) is 78.5 cm³/mol. The number of nitrogens with zero attached hydrogens (tertiary/aromatic N) is 4. The molecule has 0 atom stereocenters. The second-order valence-corrected chi connectivity index (χ2v) is 5.24. The molecule has 0 saturated carbocycles. The Labute approximate surface area is 119 Å². The Bertz CT molecular complexity index is 756. The molecule has 0 unspecified atom stereocenters. The number of imidazole rings is 2. The van der Waals surface area contributed by atoms with Gasteiger partial charge < -0.3 is 14.9 Å². The number of aromatic nitrogens is 4. The molecule has 6 heteroatoms. The third-order valence-electron chi connectivity index (χ3n) is 3.30. The van der Waals surface area contributed by atoms with Crippen LogP contribution in [0.3, 0.4) is 0 Å². The van der Waals surface area contributed by atoms with Gasteiger partial charge in [0.15, 0.2) is 0 Å². The fourth-order valence-corrected chi connectivity index (χ4v) is 2.69. The molecule has 0 saturated heterocycles. The lowest BCUT2D eigenvalue weighted by molar-refractivity contribution is 0.781. The number of benzene rings is 1. The number of hydrogen-bond donors (Lipinski definition) is 1. The van der Waals surface area contributed by atoms with Crippen molar-refractivity contribution in [3.63, 3.8) is 0 Å². The Morgan fingerprint density at radius 2 is 2.11 bits per heavy atom. The van der Waals surface area contributed by atoms with Crippen LogP contribution in [0.2, 0.25) is 0 Å². The summed E-state index contributed by atoms with van der Waals surface area (Å²) >= 11 is 3.57. The second-order valence-electron chi connectivity index (χ2n) is 4.49. The maximum absolute atomic E-state index is 5.68. The Balaban J connectivity index is 2.18. The van der Waals surface area contributed by atoms with Gasteiger partial charge in [0.1, 0.15) is 16.1 Å². The van der Waals surface area contributed by atoms with E-state index in [2.05, 4.69) is 38.0 Å². The van der Waals surface area contributed by atoms with E-state index in [0.717, 1.165) is 32.7 Å². The normalized spacial score (nSPS) is 11.4. The standard InChI is InChI=1S/C13H14BrN5/c1-18-7-16-9-5-8(3-4-10(9)18)12-13(14)19(2)11(6-15)17-12/h3-5,7H,6,15H2,1-2H3. The molecule has 0 spiro atoms. The molecule has 2 aromatic heterocycles. The van der Waals surface area contributed by atoms with Crippen molar-refractivity contribution in [1.29, 1.82) is 0 Å². The van der Waals surface area contributed by atoms with Crippen LogP contribution in [0.4, 0.5) is 0 Å². The summed E-state index contributed by atoms with van der Waals surface area (Å²) in [6.45, 7) is 0.418. The Hall–Kier alpha value is -1.66. The van der Waals surface area contributed by atoms with Crippen LogP contribution in [-0.4, -0.2) is 19.1 Å². The molecule has 0 radical (unpaired) electrons. The molecule has 0 fully saturated rings. The van der Waals surface area contributed by atoms with Gasteiger partial charge >= 0.3 is 0 Å². The average molecular weight is 320 g/mol. The summed E-state index contributed by atoms with van der Waals surface area (Å²) in [5.74, 6) is 0.850. The highest BCUT2D eigenvalue weighted by molar-refractivity contribution is 9.10. The third-order valence-corrected chi connectivity index (χ3v) is 4.21. The minimum atomic E-state index is 0.418. The Kier molecular flexibility index (Phi) is 2.91. The van der Waals surface area contributed by atoms with Crippen molar-refractivity contribution in [2.24, 2.45) is 19.8 Å². The number of aryl methyl sites for hydroxylation is 1. The summed E-state index contributed by atoms with van der Waals surface area (Å²) in [5.41, 5.74) is 9.69. The fourth-order valence-electron chi connectivity index (χ4n) is 2.17. The Morgan fingerprint density at radius 1 is 1.32 bits per heavy atom. The van der Waals surface area contributed by atoms with E-state index in [9.17, 15) is 0 Å². The number of halogens is 1. The van der Waals surface area contributed by atoms with Gasteiger partial charge in [-0.15, -0.1) is 0 Å². The monoisotopic (exact) mass is 319 g/mol. The van der Waals surface area contributed by atoms with E-state index < -0.39 is 0 Å². The van der Waals surface area contributed by atoms with Crippen molar-refractivity contribution in [3.05, 3.63) is 35.0 Å². The molecule has 0 amide bonds. The number of rotatable bonds is 2. The molecule has 3 aromatic rings. The van der Waals surface area contributed by atoms with Crippen molar-refractivity contribution < 1.29 is 0 Å². The molecule has 2 N–H and O–H groups in total. The molecular weight excluding hydrogens is 306 g/mol. The molecule has 0 aliphatic carbocycles. The SMILES string of the molecule is Cn1c(CN)nc(-c2ccc3c(c2)ncn3C)c1Br. The van der Waals surface area contributed by atoms with Crippen molar-refractivity contribution in [2.75, 3.05) is 0 Å². The van der Waals surface area contributed by atoms with Crippen molar-refractivity contribution in [3.8, 4) is 11.3 Å². The smallest absolute Gasteiger partial charge is 0.123 e. The molecule has 3 rings (SSSR count). The van der Waals surface area contributed by atoms with Crippen LogP contribution in [0, 0.1) is 0 Å². The summed E-state index contributed by atoms with van der Waals surface area (Å²) in [6, 6.07) is 6.15. The van der Waals surface area contributed by atoms with Gasteiger partial charge in [0.2, 0.25) is 0 Å². The van der Waals surface area contributed by atoms with Crippen LogP contribution in [0.1, 0.15) is 5.82 Å². The Morgan fingerprint density at radius 3 is 2.79 bits per heavy atom. The molecule has 5 nitrogen and oxygen atoms in total. The fraction of sp³-hybridized carbons (Fsp3) is 0.231. The second kappa shape index (κ2) is 4.47. The van der Waals surface area contributed by atoms with Crippen LogP contribution in [0.25, 0.3) is 22.3 Å². The van der Waals surface area contributed by atoms with Gasteiger partial charge in [-0.2, -0.15) is 0 Å². The molecule has 98 valence electrons. The number of fused-ring (bicyclic) bond motifs is 1. The van der Waals surface area contributed by atoms with Crippen molar-refractivity contribution >= 4 is 27.0 Å². The lowest BCUT2D eigenvalue weighted by Gasteiger charge is -2.00. The zero-order chi connectivity index (χ0) is 13.6. The topological polar surface area (TPSA) is 61.7 Å². The van der Waals surface area contributed by atoms with Gasteiger partial charge in [-0.05, 0) is 28.1 Å². The first-order valence-electron chi connectivity index (χ1n) is 5.94. The maximum Gasteiger partial charge on any atom is 0.123 e. The van der Waals surface area contributed by atoms with E-state index in [-0.39, 0.29) is 0 Å². The van der Waals surface area contributed by atoms with E-state index in [1.54, 1.807) is 0 Å². The van der Waals surface area contributed by atoms with E-state index in [1.165, 1.54) is 0 Å². The van der Waals surface area contributed by atoms with Gasteiger partial charge in [-0.1, -0.05) is 6.07 Å². The maximum atomic E-state index is 5.68. The summed E-state index contributed by atoms with van der Waals surface area (Å²) in [5, 5.41) is 0. The molecule has 0 aliphatic rings. The van der Waals surface area contributed by atoms with Crippen molar-refractivity contribution in [2.45, 2.75) is 6.54 Å². The molecule has 19 heavy (non-hydrogen) atoms. The van der Waals surface area contributed by atoms with Crippen LogP contribution in [0.5, 0.6) is 0 Å². The summed E-state index contributed by atoms with van der Waals surface area (Å²) < 4.78 is 4.89. The van der Waals surface area contributed by atoms with E-state index in [0.29, 0.717) is 6.54 Å². The summed E-state index contributed by atoms with van der Waals surface area (Å²) in [7, 11) is 3.93. The lowest BCUT2D eigenvalue weighted by atomic mass is 10.1. The first kappa shape index (κ1) is 12.4. The largest absolute Gasteiger partial charge is 0.334 e. The first-order chi connectivity index (χ1) is 9.11. The minimum absolute atomic E-state index is 0.418. The highest BCUT2D eigenvalue weighted by Gasteiger charge is 2.14. The zero-order valence-corrected chi connectivity index (χ0v) is 12.3. The van der Waals surface area contributed by atoms with E-state index >= 15 is 0 Å². The van der Waals surface area contributed by atoms with Crippen LogP contribution >= 0.6 is 15.9 Å². The van der Waals surface area contributed by atoms with Crippen LogP contribution < -0.4 is 5.73 Å². The van der Waals surface area contributed by atoms with E-state index in [1.807, 2.05) is 35.6 Å². The molecule has 0 aliphatic heterocycles. The van der Waals surface area contributed by atoms with Gasteiger partial charge in [0.05, 0.1) is 23.9 Å². The number of nitrogens with two attached hydrogens (primary N) is 1. The summed E-state index contributed by atoms with van der Waals surface area (Å²) in [4.78, 5) is 8.94. The number of hydrogen-bond acceptors (Lipinski definition) is 3. The van der Waals surface area contributed by atoms with Gasteiger partial charge in [0.25, 0.3) is 0 Å². The van der Waals surface area contributed by atoms with Gasteiger partial charge in [0, 0.05) is 19.7 Å². The van der Waals surface area contributed by atoms with E-state index in [4.69, 9.17) is 5.73 Å². The molecule has 2 heterocycles. The summed E-state index contributed by atoms with van der Waals surface area (Å²) in [6.07, 6.45) is 1.81. The lowest BCUT2D eigenvalue weighted by Crippen LogP contribution is -2.04. The van der Waals surface area contributed by atoms with Gasteiger partial charge in [-0.25, -0.2) is 9.97 Å². The average Bonchev–Trinajstić information content (AvgIpc) is 2.92. The molecule has 0 bridgehead atoms. The highest BCUT2D eigenvalue weighted by atomic mass is 79.9. The molecule has 1 aromatic carbocycles. The predicted octanol–water partition coefficient (Wildman–Crippen LogP) is 2.20. The van der Waals surface area contributed by atoms with Crippen molar-refractivity contribution in [1.82, 2.24) is 19.1 Å². The molecular formula is C13H14BrN5. The highest BCUT2D eigenvalue weighted by Crippen LogP contribution is 2.29. The van der Waals surface area contributed by atoms with Crippen LogP contribution in [0.15, 0.2) is 29.1 Å². The zero-order valence-electron chi connectivity index (χ0n) is 10.8.